The summed E-state index contributed by atoms with van der Waals surface area (Å²) in [5.41, 5.74) is 1.05. The normalized spacial score (nSPS) is 11.9. The average Bonchev–Trinajstić information content (AvgIpc) is 2.40. The number of carbonyl (C=O) groups is 2. The Morgan fingerprint density at radius 2 is 2.05 bits per heavy atom. The molecule has 0 saturated carbocycles. The first kappa shape index (κ1) is 17.0. The molecule has 1 N–H and O–H groups in total. The van der Waals surface area contributed by atoms with Crippen molar-refractivity contribution in [3.63, 3.8) is 0 Å². The Balaban J connectivity index is 2.40. The lowest BCUT2D eigenvalue weighted by atomic mass is 10.2. The minimum Gasteiger partial charge on any atom is -0.481 e. The molecule has 4 nitrogen and oxygen atoms in total. The average molecular weight is 360 g/mol. The van der Waals surface area contributed by atoms with Gasteiger partial charge in [-0.3, -0.25) is 9.59 Å². The Morgan fingerprint density at radius 3 is 2.65 bits per heavy atom. The van der Waals surface area contributed by atoms with Crippen molar-refractivity contribution < 1.29 is 14.7 Å². The number of hydrogen-bond donors (Lipinski definition) is 1. The van der Waals surface area contributed by atoms with Gasteiger partial charge in [-0.05, 0) is 11.6 Å². The highest BCUT2D eigenvalue weighted by Crippen LogP contribution is 2.18. The van der Waals surface area contributed by atoms with Crippen LogP contribution in [-0.4, -0.2) is 40.4 Å². The lowest BCUT2D eigenvalue weighted by Gasteiger charge is -2.18. The van der Waals surface area contributed by atoms with E-state index in [0.717, 1.165) is 10.0 Å². The molecule has 0 bridgehead atoms. The fourth-order valence-electron chi connectivity index (χ4n) is 1.47. The van der Waals surface area contributed by atoms with Crippen molar-refractivity contribution in [3.05, 3.63) is 34.3 Å². The molecule has 0 aliphatic rings. The summed E-state index contributed by atoms with van der Waals surface area (Å²) in [7, 11) is 1.75. The summed E-state index contributed by atoms with van der Waals surface area (Å²) in [6, 6.07) is 7.77. The Labute approximate surface area is 131 Å². The molecule has 1 unspecified atom stereocenters. The minimum atomic E-state index is -0.827. The van der Waals surface area contributed by atoms with Crippen LogP contribution in [0.15, 0.2) is 28.7 Å². The van der Waals surface area contributed by atoms with Gasteiger partial charge in [0.15, 0.2) is 0 Å². The number of aliphatic carboxylic acids is 1. The van der Waals surface area contributed by atoms with Gasteiger partial charge in [0.2, 0.25) is 5.91 Å². The van der Waals surface area contributed by atoms with Gasteiger partial charge in [0, 0.05) is 23.8 Å². The van der Waals surface area contributed by atoms with Gasteiger partial charge in [0.1, 0.15) is 0 Å². The number of benzene rings is 1. The molecule has 6 heteroatoms. The third-order valence-corrected chi connectivity index (χ3v) is 4.77. The van der Waals surface area contributed by atoms with Crippen molar-refractivity contribution >= 4 is 39.6 Å². The fraction of sp³-hybridized carbons (Fsp3) is 0.429. The van der Waals surface area contributed by atoms with Gasteiger partial charge in [-0.1, -0.05) is 41.1 Å². The molecule has 1 aromatic rings. The predicted molar refractivity (Wildman–Crippen MR) is 84.7 cm³/mol. The number of nitrogens with zero attached hydrogens (tertiary/aromatic N) is 1. The van der Waals surface area contributed by atoms with Gasteiger partial charge in [-0.25, -0.2) is 0 Å². The standard InChI is InChI=1S/C14H18BrNO3S/c1-10(14(18)19)8-20-9-13(17)16(2)7-11-5-3-4-6-12(11)15/h3-6,10H,7-9H2,1-2H3,(H,18,19). The van der Waals surface area contributed by atoms with Crippen LogP contribution in [0.3, 0.4) is 0 Å². The molecule has 20 heavy (non-hydrogen) atoms. The fourth-order valence-corrected chi connectivity index (χ4v) is 2.89. The van der Waals surface area contributed by atoms with E-state index in [9.17, 15) is 9.59 Å². The summed E-state index contributed by atoms with van der Waals surface area (Å²) in [4.78, 5) is 24.3. The molecule has 1 aromatic carbocycles. The summed E-state index contributed by atoms with van der Waals surface area (Å²) >= 11 is 4.81. The maximum Gasteiger partial charge on any atom is 0.307 e. The van der Waals surface area contributed by atoms with E-state index in [1.165, 1.54) is 11.8 Å². The Bertz CT molecular complexity index is 481. The van der Waals surface area contributed by atoms with Crippen LogP contribution in [0.25, 0.3) is 0 Å². The molecular formula is C14H18BrNO3S. The number of hydrogen-bond acceptors (Lipinski definition) is 3. The second-order valence-corrected chi connectivity index (χ2v) is 6.48. The maximum absolute atomic E-state index is 12.0. The van der Waals surface area contributed by atoms with Crippen molar-refractivity contribution in [2.75, 3.05) is 18.6 Å². The third-order valence-electron chi connectivity index (χ3n) is 2.81. The molecule has 0 aliphatic heterocycles. The van der Waals surface area contributed by atoms with Crippen LogP contribution in [0.5, 0.6) is 0 Å². The van der Waals surface area contributed by atoms with Gasteiger partial charge >= 0.3 is 5.97 Å². The van der Waals surface area contributed by atoms with Crippen molar-refractivity contribution in [2.24, 2.45) is 5.92 Å². The smallest absolute Gasteiger partial charge is 0.307 e. The highest BCUT2D eigenvalue weighted by molar-refractivity contribution is 9.10. The van der Waals surface area contributed by atoms with Crippen LogP contribution < -0.4 is 0 Å². The number of carboxylic acids is 1. The SMILES string of the molecule is CC(CSCC(=O)N(C)Cc1ccccc1Br)C(=O)O. The Kier molecular flexibility index (Phi) is 7.09. The van der Waals surface area contributed by atoms with Gasteiger partial charge < -0.3 is 10.0 Å². The topological polar surface area (TPSA) is 57.6 Å². The molecular weight excluding hydrogens is 342 g/mol. The number of halogens is 1. The van der Waals surface area contributed by atoms with E-state index in [-0.39, 0.29) is 5.91 Å². The molecule has 0 heterocycles. The number of amides is 1. The second-order valence-electron chi connectivity index (χ2n) is 4.60. The zero-order valence-electron chi connectivity index (χ0n) is 11.5. The monoisotopic (exact) mass is 359 g/mol. The van der Waals surface area contributed by atoms with Crippen LogP contribution in [0, 0.1) is 5.92 Å². The van der Waals surface area contributed by atoms with E-state index in [0.29, 0.717) is 18.1 Å². The molecule has 0 aromatic heterocycles. The summed E-state index contributed by atoms with van der Waals surface area (Å²) in [6.45, 7) is 2.18. The van der Waals surface area contributed by atoms with E-state index in [2.05, 4.69) is 15.9 Å². The lowest BCUT2D eigenvalue weighted by Crippen LogP contribution is -2.28. The third kappa shape index (κ3) is 5.54. The molecule has 1 amide bonds. The summed E-state index contributed by atoms with van der Waals surface area (Å²) in [5.74, 6) is -0.501. The van der Waals surface area contributed by atoms with Crippen LogP contribution in [0.1, 0.15) is 12.5 Å². The first-order chi connectivity index (χ1) is 9.41. The molecule has 1 atom stereocenters. The summed E-state index contributed by atoms with van der Waals surface area (Å²) < 4.78 is 0.979. The molecule has 1 rings (SSSR count). The van der Waals surface area contributed by atoms with Gasteiger partial charge in [-0.2, -0.15) is 11.8 Å². The first-order valence-corrected chi connectivity index (χ1v) is 8.14. The minimum absolute atomic E-state index is 0.00309. The quantitative estimate of drug-likeness (QED) is 0.813. The Morgan fingerprint density at radius 1 is 1.40 bits per heavy atom. The van der Waals surface area contributed by atoms with E-state index >= 15 is 0 Å². The molecule has 0 fully saturated rings. The molecule has 0 radical (unpaired) electrons. The molecule has 110 valence electrons. The van der Waals surface area contributed by atoms with Gasteiger partial charge in [0.25, 0.3) is 0 Å². The summed E-state index contributed by atoms with van der Waals surface area (Å²) in [5, 5.41) is 8.77. The van der Waals surface area contributed by atoms with Crippen LogP contribution in [0.4, 0.5) is 0 Å². The van der Waals surface area contributed by atoms with Gasteiger partial charge in [0.05, 0.1) is 11.7 Å². The summed E-state index contributed by atoms with van der Waals surface area (Å²) in [6.07, 6.45) is 0. The highest BCUT2D eigenvalue weighted by Gasteiger charge is 2.14. The second kappa shape index (κ2) is 8.32. The lowest BCUT2D eigenvalue weighted by molar-refractivity contribution is -0.140. The van der Waals surface area contributed by atoms with Crippen LogP contribution in [0.2, 0.25) is 0 Å². The highest BCUT2D eigenvalue weighted by atomic mass is 79.9. The van der Waals surface area contributed by atoms with E-state index < -0.39 is 11.9 Å². The van der Waals surface area contributed by atoms with Crippen LogP contribution in [-0.2, 0) is 16.1 Å². The zero-order chi connectivity index (χ0) is 15.1. The first-order valence-electron chi connectivity index (χ1n) is 6.19. The van der Waals surface area contributed by atoms with Crippen molar-refractivity contribution in [2.45, 2.75) is 13.5 Å². The number of rotatable bonds is 7. The van der Waals surface area contributed by atoms with E-state index in [1.807, 2.05) is 24.3 Å². The van der Waals surface area contributed by atoms with E-state index in [1.54, 1.807) is 18.9 Å². The maximum atomic E-state index is 12.0. The molecule has 0 spiro atoms. The van der Waals surface area contributed by atoms with Crippen molar-refractivity contribution in [3.8, 4) is 0 Å². The van der Waals surface area contributed by atoms with E-state index in [4.69, 9.17) is 5.11 Å². The van der Waals surface area contributed by atoms with Crippen molar-refractivity contribution in [1.29, 1.82) is 0 Å². The Hall–Kier alpha value is -1.01. The van der Waals surface area contributed by atoms with Gasteiger partial charge in [-0.15, -0.1) is 0 Å². The molecule has 0 saturated heterocycles. The number of carboxylic acid groups (broad SMARTS) is 1. The van der Waals surface area contributed by atoms with Crippen LogP contribution >= 0.6 is 27.7 Å². The largest absolute Gasteiger partial charge is 0.481 e. The number of thioether (sulfide) groups is 1. The predicted octanol–water partition coefficient (Wildman–Crippen LogP) is 2.86. The number of carbonyl (C=O) groups excluding carboxylic acids is 1. The zero-order valence-corrected chi connectivity index (χ0v) is 13.9. The molecule has 0 aliphatic carbocycles. The van der Waals surface area contributed by atoms with Crippen molar-refractivity contribution in [1.82, 2.24) is 4.90 Å².